The summed E-state index contributed by atoms with van der Waals surface area (Å²) < 4.78 is 10.2. The fourth-order valence-corrected chi connectivity index (χ4v) is 2.69. The van der Waals surface area contributed by atoms with Crippen molar-refractivity contribution < 1.29 is 14.6 Å². The summed E-state index contributed by atoms with van der Waals surface area (Å²) in [4.78, 5) is 8.38. The van der Waals surface area contributed by atoms with Crippen molar-refractivity contribution in [3.8, 4) is 11.8 Å². The van der Waals surface area contributed by atoms with Crippen LogP contribution in [0.2, 0.25) is 0 Å². The fourth-order valence-electron chi connectivity index (χ4n) is 2.69. The van der Waals surface area contributed by atoms with Crippen LogP contribution in [0, 0.1) is 5.92 Å². The van der Waals surface area contributed by atoms with Gasteiger partial charge < -0.3 is 14.6 Å². The van der Waals surface area contributed by atoms with E-state index in [0.29, 0.717) is 23.4 Å². The molecule has 0 amide bonds. The number of nitrogens with zero attached hydrogens (tertiary/aromatic N) is 2. The average Bonchev–Trinajstić information content (AvgIpc) is 2.47. The second-order valence-corrected chi connectivity index (χ2v) is 5.06. The molecule has 1 aliphatic carbocycles. The molecule has 1 aliphatic rings. The van der Waals surface area contributed by atoms with Crippen LogP contribution in [0.4, 0.5) is 0 Å². The van der Waals surface area contributed by atoms with Gasteiger partial charge in [0.25, 0.3) is 0 Å². The first kappa shape index (κ1) is 14.1. The highest BCUT2D eigenvalue weighted by atomic mass is 16.5. The van der Waals surface area contributed by atoms with E-state index in [1.54, 1.807) is 0 Å². The molecule has 1 heterocycles. The highest BCUT2D eigenvalue weighted by Crippen LogP contribution is 2.33. The summed E-state index contributed by atoms with van der Waals surface area (Å²) in [5.74, 6) is 1.32. The topological polar surface area (TPSA) is 64.5 Å². The Hall–Kier alpha value is -1.36. The maximum Gasteiger partial charge on any atom is 0.241 e. The smallest absolute Gasteiger partial charge is 0.241 e. The molecule has 0 aromatic carbocycles. The van der Waals surface area contributed by atoms with E-state index in [2.05, 4.69) is 9.97 Å². The predicted molar refractivity (Wildman–Crippen MR) is 71.3 cm³/mol. The van der Waals surface area contributed by atoms with Crippen molar-refractivity contribution >= 4 is 0 Å². The zero-order valence-corrected chi connectivity index (χ0v) is 11.6. The molecular formula is C14H22N2O3. The van der Waals surface area contributed by atoms with Crippen LogP contribution < -0.4 is 9.47 Å². The van der Waals surface area contributed by atoms with Crippen LogP contribution >= 0.6 is 0 Å². The minimum absolute atomic E-state index is 0.350. The van der Waals surface area contributed by atoms with Gasteiger partial charge in [0.1, 0.15) is 11.8 Å². The summed E-state index contributed by atoms with van der Waals surface area (Å²) in [6.45, 7) is 0. The lowest BCUT2D eigenvalue weighted by Crippen LogP contribution is -2.13. The molecule has 5 heteroatoms. The standard InChI is InChI=1S/C14H22N2O3/c1-18-12-9-15-13(14(16-12)19-2)11(17)8-10-6-4-3-5-7-10/h9-11,17H,3-8H2,1-2H3. The van der Waals surface area contributed by atoms with Crippen LogP contribution in [0.25, 0.3) is 0 Å². The lowest BCUT2D eigenvalue weighted by Gasteiger charge is -2.24. The third-order valence-electron chi connectivity index (χ3n) is 3.74. The molecule has 5 nitrogen and oxygen atoms in total. The van der Waals surface area contributed by atoms with Crippen molar-refractivity contribution in [2.45, 2.75) is 44.6 Å². The van der Waals surface area contributed by atoms with Gasteiger partial charge in [0, 0.05) is 0 Å². The van der Waals surface area contributed by atoms with Crippen LogP contribution in [-0.2, 0) is 0 Å². The van der Waals surface area contributed by atoms with Crippen molar-refractivity contribution in [1.29, 1.82) is 0 Å². The molecule has 0 radical (unpaired) electrons. The van der Waals surface area contributed by atoms with Gasteiger partial charge in [-0.3, -0.25) is 0 Å². The van der Waals surface area contributed by atoms with Gasteiger partial charge in [-0.2, -0.15) is 4.98 Å². The highest BCUT2D eigenvalue weighted by Gasteiger charge is 2.23. The quantitative estimate of drug-likeness (QED) is 0.887. The lowest BCUT2D eigenvalue weighted by atomic mass is 9.85. The van der Waals surface area contributed by atoms with E-state index in [0.717, 1.165) is 6.42 Å². The number of aliphatic hydroxyl groups is 1. The molecule has 0 aliphatic heterocycles. The second-order valence-electron chi connectivity index (χ2n) is 5.06. The minimum atomic E-state index is -0.614. The predicted octanol–water partition coefficient (Wildman–Crippen LogP) is 2.50. The Labute approximate surface area is 114 Å². The van der Waals surface area contributed by atoms with E-state index in [1.165, 1.54) is 52.5 Å². The van der Waals surface area contributed by atoms with Gasteiger partial charge >= 0.3 is 0 Å². The van der Waals surface area contributed by atoms with Crippen LogP contribution in [-0.4, -0.2) is 29.3 Å². The molecule has 19 heavy (non-hydrogen) atoms. The molecule has 0 bridgehead atoms. The van der Waals surface area contributed by atoms with Crippen LogP contribution in [0.15, 0.2) is 6.20 Å². The van der Waals surface area contributed by atoms with E-state index in [4.69, 9.17) is 9.47 Å². The maximum atomic E-state index is 10.3. The Balaban J connectivity index is 2.06. The maximum absolute atomic E-state index is 10.3. The third-order valence-corrected chi connectivity index (χ3v) is 3.74. The molecule has 1 aromatic rings. The summed E-state index contributed by atoms with van der Waals surface area (Å²) in [5, 5.41) is 10.3. The average molecular weight is 266 g/mol. The third kappa shape index (κ3) is 3.56. The van der Waals surface area contributed by atoms with Gasteiger partial charge in [-0.05, 0) is 12.3 Å². The number of rotatable bonds is 5. The molecule has 2 rings (SSSR count). The van der Waals surface area contributed by atoms with Gasteiger partial charge in [0.2, 0.25) is 11.8 Å². The summed E-state index contributed by atoms with van der Waals surface area (Å²) in [6.07, 6.45) is 7.88. The summed E-state index contributed by atoms with van der Waals surface area (Å²) in [7, 11) is 3.06. The monoisotopic (exact) mass is 266 g/mol. The van der Waals surface area contributed by atoms with Crippen molar-refractivity contribution in [1.82, 2.24) is 9.97 Å². The number of hydrogen-bond acceptors (Lipinski definition) is 5. The molecular weight excluding hydrogens is 244 g/mol. The molecule has 106 valence electrons. The fraction of sp³-hybridized carbons (Fsp3) is 0.714. The van der Waals surface area contributed by atoms with Crippen molar-refractivity contribution in [2.75, 3.05) is 14.2 Å². The summed E-state index contributed by atoms with van der Waals surface area (Å²) >= 11 is 0. The van der Waals surface area contributed by atoms with Crippen molar-refractivity contribution in [3.63, 3.8) is 0 Å². The molecule has 1 unspecified atom stereocenters. The first-order valence-corrected chi connectivity index (χ1v) is 6.87. The van der Waals surface area contributed by atoms with Crippen molar-refractivity contribution in [2.24, 2.45) is 5.92 Å². The Morgan fingerprint density at radius 1 is 1.26 bits per heavy atom. The second kappa shape index (κ2) is 6.70. The van der Waals surface area contributed by atoms with Crippen molar-refractivity contribution in [3.05, 3.63) is 11.9 Å². The molecule has 1 atom stereocenters. The molecule has 0 saturated heterocycles. The number of hydrogen-bond donors (Lipinski definition) is 1. The van der Waals surface area contributed by atoms with Crippen LogP contribution in [0.5, 0.6) is 11.8 Å². The SMILES string of the molecule is COc1cnc(C(O)CC2CCCCC2)c(OC)n1. The van der Waals surface area contributed by atoms with E-state index in [-0.39, 0.29) is 0 Å². The number of ether oxygens (including phenoxy) is 2. The van der Waals surface area contributed by atoms with E-state index in [1.807, 2.05) is 0 Å². The van der Waals surface area contributed by atoms with Gasteiger partial charge in [0.15, 0.2) is 0 Å². The molecule has 0 spiro atoms. The molecule has 1 N–H and O–H groups in total. The van der Waals surface area contributed by atoms with Gasteiger partial charge in [-0.15, -0.1) is 0 Å². The Bertz CT molecular complexity index is 406. The van der Waals surface area contributed by atoms with Gasteiger partial charge in [0.05, 0.1) is 20.4 Å². The zero-order valence-electron chi connectivity index (χ0n) is 11.6. The Morgan fingerprint density at radius 2 is 2.00 bits per heavy atom. The minimum Gasteiger partial charge on any atom is -0.480 e. The summed E-state index contributed by atoms with van der Waals surface area (Å²) in [6, 6.07) is 0. The zero-order chi connectivity index (χ0) is 13.7. The van der Waals surface area contributed by atoms with E-state index in [9.17, 15) is 5.11 Å². The summed E-state index contributed by atoms with van der Waals surface area (Å²) in [5.41, 5.74) is 0.508. The van der Waals surface area contributed by atoms with Gasteiger partial charge in [-0.1, -0.05) is 32.1 Å². The first-order valence-electron chi connectivity index (χ1n) is 6.87. The first-order chi connectivity index (χ1) is 9.24. The van der Waals surface area contributed by atoms with Crippen LogP contribution in [0.3, 0.4) is 0 Å². The highest BCUT2D eigenvalue weighted by molar-refractivity contribution is 5.24. The van der Waals surface area contributed by atoms with E-state index >= 15 is 0 Å². The Kier molecular flexibility index (Phi) is 4.96. The molecule has 1 saturated carbocycles. The van der Waals surface area contributed by atoms with E-state index < -0.39 is 6.10 Å². The molecule has 1 aromatic heterocycles. The lowest BCUT2D eigenvalue weighted by molar-refractivity contribution is 0.123. The normalized spacial score (nSPS) is 18.1. The largest absolute Gasteiger partial charge is 0.480 e. The number of aromatic nitrogens is 2. The Morgan fingerprint density at radius 3 is 2.63 bits per heavy atom. The van der Waals surface area contributed by atoms with Gasteiger partial charge in [-0.25, -0.2) is 4.98 Å². The van der Waals surface area contributed by atoms with Crippen LogP contribution in [0.1, 0.15) is 50.3 Å². The molecule has 1 fully saturated rings. The number of methoxy groups -OCH3 is 2. The number of aliphatic hydroxyl groups excluding tert-OH is 1.